The third-order valence-electron chi connectivity index (χ3n) is 4.23. The Bertz CT molecular complexity index is 622. The zero-order valence-electron chi connectivity index (χ0n) is 15.4. The number of esters is 2. The predicted octanol–water partition coefficient (Wildman–Crippen LogP) is 3.83. The Kier molecular flexibility index (Phi) is 7.87. The van der Waals surface area contributed by atoms with Gasteiger partial charge in [-0.2, -0.15) is 0 Å². The molecule has 0 atom stereocenters. The van der Waals surface area contributed by atoms with E-state index in [1.54, 1.807) is 13.8 Å². The summed E-state index contributed by atoms with van der Waals surface area (Å²) in [7, 11) is 0. The minimum Gasteiger partial charge on any atom is -0.465 e. The molecule has 0 amide bonds. The molecule has 138 valence electrons. The van der Waals surface area contributed by atoms with Gasteiger partial charge in [0.2, 0.25) is 0 Å². The van der Waals surface area contributed by atoms with Gasteiger partial charge >= 0.3 is 11.9 Å². The van der Waals surface area contributed by atoms with Gasteiger partial charge in [-0.1, -0.05) is 60.7 Å². The van der Waals surface area contributed by atoms with Crippen molar-refractivity contribution < 1.29 is 19.1 Å². The van der Waals surface area contributed by atoms with Gasteiger partial charge in [0.25, 0.3) is 0 Å². The zero-order chi connectivity index (χ0) is 18.8. The summed E-state index contributed by atoms with van der Waals surface area (Å²) < 4.78 is 10.4. The van der Waals surface area contributed by atoms with Crippen LogP contribution in [0.25, 0.3) is 0 Å². The van der Waals surface area contributed by atoms with Crippen LogP contribution in [-0.4, -0.2) is 25.2 Å². The first kappa shape index (κ1) is 19.7. The number of carbonyl (C=O) groups is 2. The van der Waals surface area contributed by atoms with Crippen molar-refractivity contribution in [1.29, 1.82) is 0 Å². The van der Waals surface area contributed by atoms with Crippen molar-refractivity contribution in [1.82, 2.24) is 0 Å². The van der Waals surface area contributed by atoms with Crippen molar-refractivity contribution in [3.8, 4) is 0 Å². The van der Waals surface area contributed by atoms with Gasteiger partial charge in [-0.3, -0.25) is 9.59 Å². The highest BCUT2D eigenvalue weighted by atomic mass is 16.6. The summed E-state index contributed by atoms with van der Waals surface area (Å²) in [4.78, 5) is 25.1. The normalized spacial score (nSPS) is 10.8. The molecule has 0 aliphatic heterocycles. The van der Waals surface area contributed by atoms with Gasteiger partial charge in [0.1, 0.15) is 0 Å². The van der Waals surface area contributed by atoms with Crippen LogP contribution in [-0.2, 0) is 31.9 Å². The summed E-state index contributed by atoms with van der Waals surface area (Å²) in [6, 6.07) is 19.7. The third-order valence-corrected chi connectivity index (χ3v) is 4.23. The summed E-state index contributed by atoms with van der Waals surface area (Å²) in [5, 5.41) is 0. The topological polar surface area (TPSA) is 52.6 Å². The summed E-state index contributed by atoms with van der Waals surface area (Å²) in [5.41, 5.74) is 2.15. The van der Waals surface area contributed by atoms with E-state index in [4.69, 9.17) is 9.47 Å². The van der Waals surface area contributed by atoms with Crippen molar-refractivity contribution in [2.75, 3.05) is 13.2 Å². The van der Waals surface area contributed by atoms with E-state index in [9.17, 15) is 9.59 Å². The molecule has 0 unspecified atom stereocenters. The minimum atomic E-state index is -0.935. The van der Waals surface area contributed by atoms with Crippen molar-refractivity contribution >= 4 is 11.9 Å². The number of ether oxygens (including phenoxy) is 2. The number of rotatable bonds is 9. The molecule has 4 nitrogen and oxygen atoms in total. The minimum absolute atomic E-state index is 0.234. The van der Waals surface area contributed by atoms with Gasteiger partial charge in [-0.25, -0.2) is 0 Å². The van der Waals surface area contributed by atoms with E-state index in [1.807, 2.05) is 60.7 Å². The number of hydrogen-bond donors (Lipinski definition) is 0. The second kappa shape index (κ2) is 10.4. The summed E-state index contributed by atoms with van der Waals surface area (Å²) >= 11 is 0. The smallest absolute Gasteiger partial charge is 0.320 e. The van der Waals surface area contributed by atoms with Crippen LogP contribution in [0.3, 0.4) is 0 Å². The molecular weight excluding hydrogens is 328 g/mol. The van der Waals surface area contributed by atoms with Gasteiger partial charge in [0.05, 0.1) is 13.2 Å². The Morgan fingerprint density at radius 3 is 1.46 bits per heavy atom. The van der Waals surface area contributed by atoms with Crippen LogP contribution in [0.1, 0.15) is 25.0 Å². The molecule has 4 heteroatoms. The summed E-state index contributed by atoms with van der Waals surface area (Å²) in [6.07, 6.45) is 1.19. The summed E-state index contributed by atoms with van der Waals surface area (Å²) in [6.45, 7) is 3.95. The molecule has 0 fully saturated rings. The average Bonchev–Trinajstić information content (AvgIpc) is 2.64. The van der Waals surface area contributed by atoms with Crippen LogP contribution in [0.4, 0.5) is 0 Å². The standard InChI is InChI=1S/C22H26O4/c1-3-25-21(23)20(22(24)26-4-2)19(15-17-11-7-5-8-12-17)16-18-13-9-6-10-14-18/h5-14,19-20H,3-4,15-16H2,1-2H3. The van der Waals surface area contributed by atoms with E-state index in [0.29, 0.717) is 12.8 Å². The fraction of sp³-hybridized carbons (Fsp3) is 0.364. The Morgan fingerprint density at radius 2 is 1.12 bits per heavy atom. The molecule has 0 bridgehead atoms. The largest absolute Gasteiger partial charge is 0.465 e. The van der Waals surface area contributed by atoms with Crippen molar-refractivity contribution in [3.05, 3.63) is 71.8 Å². The molecule has 0 heterocycles. The molecule has 0 saturated heterocycles. The van der Waals surface area contributed by atoms with Crippen molar-refractivity contribution in [2.45, 2.75) is 26.7 Å². The van der Waals surface area contributed by atoms with Gasteiger partial charge < -0.3 is 9.47 Å². The van der Waals surface area contributed by atoms with E-state index in [2.05, 4.69) is 0 Å². The SMILES string of the molecule is CCOC(=O)C(C(=O)OCC)C(Cc1ccccc1)Cc1ccccc1. The first-order chi connectivity index (χ1) is 12.7. The van der Waals surface area contributed by atoms with Crippen LogP contribution in [0.15, 0.2) is 60.7 Å². The van der Waals surface area contributed by atoms with Crippen LogP contribution in [0, 0.1) is 11.8 Å². The molecule has 0 aliphatic rings. The lowest BCUT2D eigenvalue weighted by Gasteiger charge is -2.24. The molecule has 2 aromatic carbocycles. The Hall–Kier alpha value is -2.62. The fourth-order valence-electron chi connectivity index (χ4n) is 3.09. The van der Waals surface area contributed by atoms with Gasteiger partial charge in [0, 0.05) is 0 Å². The molecule has 2 aromatic rings. The molecule has 0 radical (unpaired) electrons. The Labute approximate surface area is 155 Å². The van der Waals surface area contributed by atoms with E-state index >= 15 is 0 Å². The first-order valence-electron chi connectivity index (χ1n) is 9.06. The lowest BCUT2D eigenvalue weighted by Crippen LogP contribution is -2.36. The van der Waals surface area contributed by atoms with E-state index in [1.165, 1.54) is 0 Å². The van der Waals surface area contributed by atoms with Crippen LogP contribution < -0.4 is 0 Å². The van der Waals surface area contributed by atoms with E-state index in [-0.39, 0.29) is 19.1 Å². The second-order valence-electron chi connectivity index (χ2n) is 6.12. The lowest BCUT2D eigenvalue weighted by molar-refractivity contribution is -0.164. The van der Waals surface area contributed by atoms with E-state index < -0.39 is 17.9 Å². The van der Waals surface area contributed by atoms with Gasteiger partial charge in [-0.15, -0.1) is 0 Å². The van der Waals surface area contributed by atoms with Crippen LogP contribution in [0.2, 0.25) is 0 Å². The molecule has 0 aromatic heterocycles. The van der Waals surface area contributed by atoms with Crippen molar-refractivity contribution in [2.24, 2.45) is 11.8 Å². The Morgan fingerprint density at radius 1 is 0.731 bits per heavy atom. The maximum atomic E-state index is 12.6. The maximum absolute atomic E-state index is 12.6. The first-order valence-corrected chi connectivity index (χ1v) is 9.06. The molecule has 0 N–H and O–H groups in total. The third kappa shape index (κ3) is 5.73. The summed E-state index contributed by atoms with van der Waals surface area (Å²) in [5.74, 6) is -2.20. The van der Waals surface area contributed by atoms with Crippen LogP contribution >= 0.6 is 0 Å². The molecule has 0 aliphatic carbocycles. The highest BCUT2D eigenvalue weighted by Gasteiger charge is 2.37. The van der Waals surface area contributed by atoms with Gasteiger partial charge in [-0.05, 0) is 43.7 Å². The number of benzene rings is 2. The van der Waals surface area contributed by atoms with E-state index in [0.717, 1.165) is 11.1 Å². The molecule has 2 rings (SSSR count). The second-order valence-corrected chi connectivity index (χ2v) is 6.12. The van der Waals surface area contributed by atoms with Crippen LogP contribution in [0.5, 0.6) is 0 Å². The highest BCUT2D eigenvalue weighted by Crippen LogP contribution is 2.25. The number of hydrogen-bond acceptors (Lipinski definition) is 4. The molecular formula is C22H26O4. The fourth-order valence-corrected chi connectivity index (χ4v) is 3.09. The quantitative estimate of drug-likeness (QED) is 0.507. The highest BCUT2D eigenvalue weighted by molar-refractivity contribution is 5.95. The average molecular weight is 354 g/mol. The molecule has 0 spiro atoms. The molecule has 0 saturated carbocycles. The van der Waals surface area contributed by atoms with Gasteiger partial charge in [0.15, 0.2) is 5.92 Å². The molecule has 26 heavy (non-hydrogen) atoms. The lowest BCUT2D eigenvalue weighted by atomic mass is 9.82. The number of carbonyl (C=O) groups excluding carboxylic acids is 2. The Balaban J connectivity index is 2.32. The van der Waals surface area contributed by atoms with Crippen molar-refractivity contribution in [3.63, 3.8) is 0 Å². The zero-order valence-corrected chi connectivity index (χ0v) is 15.4. The predicted molar refractivity (Wildman–Crippen MR) is 101 cm³/mol. The maximum Gasteiger partial charge on any atom is 0.320 e. The monoisotopic (exact) mass is 354 g/mol.